The average Bonchev–Trinajstić information content (AvgIpc) is 2.29. The molecule has 4 heteroatoms. The Morgan fingerprint density at radius 2 is 1.88 bits per heavy atom. The van der Waals surface area contributed by atoms with Crippen LogP contribution in [0.4, 0.5) is 0 Å². The van der Waals surface area contributed by atoms with E-state index >= 15 is 0 Å². The van der Waals surface area contributed by atoms with Crippen LogP contribution in [0.5, 0.6) is 0 Å². The van der Waals surface area contributed by atoms with Gasteiger partial charge in [-0.25, -0.2) is 9.97 Å². The Bertz CT molecular complexity index is 511. The fraction of sp³-hybridized carbons (Fsp3) is 0.231. The number of nitrogens with zero attached hydrogens (tertiary/aromatic N) is 2. The Hall–Kier alpha value is -0.930. The van der Waals surface area contributed by atoms with E-state index in [4.69, 9.17) is 11.6 Å². The Balaban J connectivity index is 2.40. The first kappa shape index (κ1) is 12.5. The number of aryl methyl sites for hydroxylation is 1. The quantitative estimate of drug-likeness (QED) is 0.779. The monoisotopic (exact) mass is 310 g/mol. The van der Waals surface area contributed by atoms with Crippen molar-refractivity contribution in [2.45, 2.75) is 19.8 Å². The molecule has 0 saturated carbocycles. The SMILES string of the molecule is CCCc1nc(Cl)cc(-c2ccc(Br)cc2)n1. The van der Waals surface area contributed by atoms with E-state index in [1.54, 1.807) is 6.07 Å². The summed E-state index contributed by atoms with van der Waals surface area (Å²) >= 11 is 9.42. The summed E-state index contributed by atoms with van der Waals surface area (Å²) in [5, 5.41) is 0.501. The molecule has 0 saturated heterocycles. The Labute approximate surface area is 114 Å². The molecule has 2 rings (SSSR count). The molecule has 0 unspecified atom stereocenters. The van der Waals surface area contributed by atoms with Crippen LogP contribution in [0.3, 0.4) is 0 Å². The van der Waals surface area contributed by atoms with E-state index in [0.717, 1.165) is 34.4 Å². The number of halogens is 2. The van der Waals surface area contributed by atoms with Gasteiger partial charge in [-0.1, -0.05) is 46.6 Å². The van der Waals surface area contributed by atoms with E-state index in [1.807, 2.05) is 24.3 Å². The number of rotatable bonds is 3. The number of benzene rings is 1. The van der Waals surface area contributed by atoms with Gasteiger partial charge in [-0.2, -0.15) is 0 Å². The summed E-state index contributed by atoms with van der Waals surface area (Å²) in [6.45, 7) is 2.10. The van der Waals surface area contributed by atoms with Crippen LogP contribution >= 0.6 is 27.5 Å². The third kappa shape index (κ3) is 3.27. The first-order valence-electron chi connectivity index (χ1n) is 5.48. The van der Waals surface area contributed by atoms with Crippen LogP contribution < -0.4 is 0 Å². The van der Waals surface area contributed by atoms with Crippen molar-refractivity contribution >= 4 is 27.5 Å². The normalized spacial score (nSPS) is 10.5. The van der Waals surface area contributed by atoms with Crippen molar-refractivity contribution in [3.8, 4) is 11.3 Å². The number of hydrogen-bond donors (Lipinski definition) is 0. The highest BCUT2D eigenvalue weighted by molar-refractivity contribution is 9.10. The van der Waals surface area contributed by atoms with Crippen LogP contribution in [0.2, 0.25) is 5.15 Å². The first-order chi connectivity index (χ1) is 8.19. The van der Waals surface area contributed by atoms with Crippen molar-refractivity contribution in [2.24, 2.45) is 0 Å². The highest BCUT2D eigenvalue weighted by Crippen LogP contribution is 2.22. The second-order valence-corrected chi connectivity index (χ2v) is 5.05. The predicted molar refractivity (Wildman–Crippen MR) is 74.2 cm³/mol. The Morgan fingerprint density at radius 3 is 2.53 bits per heavy atom. The zero-order valence-corrected chi connectivity index (χ0v) is 11.8. The van der Waals surface area contributed by atoms with Gasteiger partial charge in [-0.3, -0.25) is 0 Å². The summed E-state index contributed by atoms with van der Waals surface area (Å²) in [6.07, 6.45) is 1.87. The zero-order valence-electron chi connectivity index (χ0n) is 9.45. The molecule has 0 aliphatic rings. The lowest BCUT2D eigenvalue weighted by molar-refractivity contribution is 0.836. The molecular formula is C13H12BrClN2. The van der Waals surface area contributed by atoms with Crippen LogP contribution in [-0.4, -0.2) is 9.97 Å². The first-order valence-corrected chi connectivity index (χ1v) is 6.65. The minimum Gasteiger partial charge on any atom is -0.233 e. The van der Waals surface area contributed by atoms with E-state index < -0.39 is 0 Å². The smallest absolute Gasteiger partial charge is 0.133 e. The van der Waals surface area contributed by atoms with Crippen LogP contribution in [0.15, 0.2) is 34.8 Å². The lowest BCUT2D eigenvalue weighted by Crippen LogP contribution is -1.96. The fourth-order valence-corrected chi connectivity index (χ4v) is 2.03. The molecule has 0 fully saturated rings. The largest absolute Gasteiger partial charge is 0.233 e. The third-order valence-corrected chi connectivity index (χ3v) is 3.08. The summed E-state index contributed by atoms with van der Waals surface area (Å²) in [5.41, 5.74) is 1.93. The highest BCUT2D eigenvalue weighted by Gasteiger charge is 2.05. The molecule has 1 aromatic carbocycles. The van der Waals surface area contributed by atoms with Gasteiger partial charge in [-0.15, -0.1) is 0 Å². The molecule has 88 valence electrons. The maximum Gasteiger partial charge on any atom is 0.133 e. The van der Waals surface area contributed by atoms with Gasteiger partial charge < -0.3 is 0 Å². The maximum absolute atomic E-state index is 6.01. The van der Waals surface area contributed by atoms with E-state index in [9.17, 15) is 0 Å². The number of hydrogen-bond acceptors (Lipinski definition) is 2. The lowest BCUT2D eigenvalue weighted by atomic mass is 10.1. The van der Waals surface area contributed by atoms with Gasteiger partial charge >= 0.3 is 0 Å². The molecule has 0 bridgehead atoms. The molecule has 1 heterocycles. The second-order valence-electron chi connectivity index (χ2n) is 3.75. The van der Waals surface area contributed by atoms with E-state index in [0.29, 0.717) is 5.15 Å². The van der Waals surface area contributed by atoms with Crippen molar-refractivity contribution in [2.75, 3.05) is 0 Å². The van der Waals surface area contributed by atoms with Gasteiger partial charge in [0.05, 0.1) is 5.69 Å². The maximum atomic E-state index is 6.01. The summed E-state index contributed by atoms with van der Waals surface area (Å²) in [5.74, 6) is 0.804. The molecule has 2 aromatic rings. The molecule has 0 amide bonds. The van der Waals surface area contributed by atoms with Gasteiger partial charge in [0.2, 0.25) is 0 Å². The fourth-order valence-electron chi connectivity index (χ4n) is 1.57. The summed E-state index contributed by atoms with van der Waals surface area (Å²) in [4.78, 5) is 8.72. The number of aromatic nitrogens is 2. The minimum absolute atomic E-state index is 0.501. The Morgan fingerprint density at radius 1 is 1.18 bits per heavy atom. The van der Waals surface area contributed by atoms with Crippen LogP contribution in [0.1, 0.15) is 19.2 Å². The minimum atomic E-state index is 0.501. The van der Waals surface area contributed by atoms with E-state index in [-0.39, 0.29) is 0 Å². The van der Waals surface area contributed by atoms with Gasteiger partial charge in [0, 0.05) is 22.5 Å². The molecule has 0 aliphatic carbocycles. The van der Waals surface area contributed by atoms with Gasteiger partial charge in [0.15, 0.2) is 0 Å². The van der Waals surface area contributed by atoms with Crippen molar-refractivity contribution in [3.63, 3.8) is 0 Å². The summed E-state index contributed by atoms with van der Waals surface area (Å²) < 4.78 is 1.05. The van der Waals surface area contributed by atoms with Crippen molar-refractivity contribution in [1.29, 1.82) is 0 Å². The van der Waals surface area contributed by atoms with Gasteiger partial charge in [0.25, 0.3) is 0 Å². The summed E-state index contributed by atoms with van der Waals surface area (Å²) in [6, 6.07) is 9.80. The standard InChI is InChI=1S/C13H12BrClN2/c1-2-3-13-16-11(8-12(15)17-13)9-4-6-10(14)7-5-9/h4-8H,2-3H2,1H3. The third-order valence-electron chi connectivity index (χ3n) is 2.35. The molecule has 0 atom stereocenters. The molecule has 2 nitrogen and oxygen atoms in total. The highest BCUT2D eigenvalue weighted by atomic mass is 79.9. The average molecular weight is 312 g/mol. The molecule has 17 heavy (non-hydrogen) atoms. The molecule has 0 spiro atoms. The molecular weight excluding hydrogens is 300 g/mol. The van der Waals surface area contributed by atoms with Gasteiger partial charge in [0.1, 0.15) is 11.0 Å². The van der Waals surface area contributed by atoms with Crippen LogP contribution in [0.25, 0.3) is 11.3 Å². The van der Waals surface area contributed by atoms with Crippen molar-refractivity contribution in [3.05, 3.63) is 45.8 Å². The molecule has 1 aromatic heterocycles. The molecule has 0 N–H and O–H groups in total. The lowest BCUT2D eigenvalue weighted by Gasteiger charge is -2.04. The second kappa shape index (κ2) is 5.61. The van der Waals surface area contributed by atoms with Crippen molar-refractivity contribution in [1.82, 2.24) is 9.97 Å². The van der Waals surface area contributed by atoms with E-state index in [2.05, 4.69) is 32.8 Å². The van der Waals surface area contributed by atoms with Crippen LogP contribution in [-0.2, 0) is 6.42 Å². The van der Waals surface area contributed by atoms with E-state index in [1.165, 1.54) is 0 Å². The van der Waals surface area contributed by atoms with Crippen molar-refractivity contribution < 1.29 is 0 Å². The van der Waals surface area contributed by atoms with Gasteiger partial charge in [-0.05, 0) is 18.6 Å². The summed E-state index contributed by atoms with van der Waals surface area (Å²) in [7, 11) is 0. The molecule has 0 aliphatic heterocycles. The Kier molecular flexibility index (Phi) is 4.13. The molecule has 0 radical (unpaired) electrons. The van der Waals surface area contributed by atoms with Crippen LogP contribution in [0, 0.1) is 0 Å². The topological polar surface area (TPSA) is 25.8 Å². The zero-order chi connectivity index (χ0) is 12.3. The predicted octanol–water partition coefficient (Wildman–Crippen LogP) is 4.51.